The Labute approximate surface area is 117 Å². The monoisotopic (exact) mass is 275 g/mol. The molecule has 0 atom stereocenters. The molecule has 0 aliphatic heterocycles. The molecule has 0 unspecified atom stereocenters. The third kappa shape index (κ3) is 3.73. The van der Waals surface area contributed by atoms with Crippen molar-refractivity contribution in [1.82, 2.24) is 0 Å². The van der Waals surface area contributed by atoms with Crippen LogP contribution >= 0.6 is 11.6 Å². The van der Waals surface area contributed by atoms with Crippen molar-refractivity contribution < 1.29 is 9.53 Å². The van der Waals surface area contributed by atoms with Gasteiger partial charge in [-0.3, -0.25) is 4.79 Å². The summed E-state index contributed by atoms with van der Waals surface area (Å²) in [4.78, 5) is 12.4. The SMILES string of the molecule is CN(C(=O)Cl)c1cccc(OCc2ccccc2)c1. The second-order valence-corrected chi connectivity index (χ2v) is 4.41. The maximum absolute atomic E-state index is 11.1. The molecule has 0 saturated carbocycles. The standard InChI is InChI=1S/C15H14ClNO2/c1-17(15(16)18)13-8-5-9-14(10-13)19-11-12-6-3-2-4-7-12/h2-10H,11H2,1H3. The summed E-state index contributed by atoms with van der Waals surface area (Å²) < 4.78 is 5.68. The molecular formula is C15H14ClNO2. The van der Waals surface area contributed by atoms with Crippen molar-refractivity contribution in [2.75, 3.05) is 11.9 Å². The average Bonchev–Trinajstić information content (AvgIpc) is 2.45. The lowest BCUT2D eigenvalue weighted by Crippen LogP contribution is -2.19. The molecule has 0 N–H and O–H groups in total. The van der Waals surface area contributed by atoms with Gasteiger partial charge in [0.2, 0.25) is 0 Å². The molecule has 0 aromatic heterocycles. The van der Waals surface area contributed by atoms with Gasteiger partial charge in [0.25, 0.3) is 0 Å². The van der Waals surface area contributed by atoms with Crippen LogP contribution in [-0.4, -0.2) is 12.4 Å². The topological polar surface area (TPSA) is 29.5 Å². The number of ether oxygens (including phenoxy) is 1. The minimum Gasteiger partial charge on any atom is -0.489 e. The number of rotatable bonds is 4. The van der Waals surface area contributed by atoms with Gasteiger partial charge >= 0.3 is 5.37 Å². The van der Waals surface area contributed by atoms with Crippen molar-refractivity contribution in [3.63, 3.8) is 0 Å². The number of hydrogen-bond acceptors (Lipinski definition) is 2. The van der Waals surface area contributed by atoms with Gasteiger partial charge in [0.15, 0.2) is 0 Å². The molecule has 3 nitrogen and oxygen atoms in total. The molecule has 0 bridgehead atoms. The van der Waals surface area contributed by atoms with E-state index in [1.165, 1.54) is 4.90 Å². The van der Waals surface area contributed by atoms with E-state index in [2.05, 4.69) is 0 Å². The summed E-state index contributed by atoms with van der Waals surface area (Å²) in [6.07, 6.45) is 0. The van der Waals surface area contributed by atoms with E-state index in [4.69, 9.17) is 16.3 Å². The van der Waals surface area contributed by atoms with E-state index in [0.29, 0.717) is 18.0 Å². The van der Waals surface area contributed by atoms with Crippen molar-refractivity contribution >= 4 is 22.7 Å². The van der Waals surface area contributed by atoms with E-state index in [0.717, 1.165) is 5.56 Å². The number of carbonyl (C=O) groups excluding carboxylic acids is 1. The van der Waals surface area contributed by atoms with Gasteiger partial charge < -0.3 is 9.64 Å². The number of benzene rings is 2. The lowest BCUT2D eigenvalue weighted by molar-refractivity contribution is 0.265. The van der Waals surface area contributed by atoms with Gasteiger partial charge in [-0.1, -0.05) is 36.4 Å². The van der Waals surface area contributed by atoms with Crippen LogP contribution in [-0.2, 0) is 6.61 Å². The number of hydrogen-bond donors (Lipinski definition) is 0. The van der Waals surface area contributed by atoms with E-state index >= 15 is 0 Å². The lowest BCUT2D eigenvalue weighted by Gasteiger charge is -2.14. The average molecular weight is 276 g/mol. The van der Waals surface area contributed by atoms with Crippen molar-refractivity contribution in [3.8, 4) is 5.75 Å². The Bertz CT molecular complexity index is 557. The Hall–Kier alpha value is -2.00. The molecule has 1 amide bonds. The molecule has 0 fully saturated rings. The highest BCUT2D eigenvalue weighted by atomic mass is 35.5. The van der Waals surface area contributed by atoms with Crippen LogP contribution in [0.4, 0.5) is 10.5 Å². The molecule has 19 heavy (non-hydrogen) atoms. The summed E-state index contributed by atoms with van der Waals surface area (Å²) in [6, 6.07) is 17.1. The molecule has 98 valence electrons. The molecule has 0 aliphatic carbocycles. The Morgan fingerprint density at radius 3 is 2.58 bits per heavy atom. The normalized spacial score (nSPS) is 10.0. The van der Waals surface area contributed by atoms with Crippen molar-refractivity contribution in [1.29, 1.82) is 0 Å². The van der Waals surface area contributed by atoms with Gasteiger partial charge in [-0.05, 0) is 29.3 Å². The first kappa shape index (κ1) is 13.4. The molecule has 0 spiro atoms. The van der Waals surface area contributed by atoms with Crippen LogP contribution in [0.2, 0.25) is 0 Å². The number of nitrogens with zero attached hydrogens (tertiary/aromatic N) is 1. The smallest absolute Gasteiger partial charge is 0.320 e. The summed E-state index contributed by atoms with van der Waals surface area (Å²) in [6.45, 7) is 0.489. The minimum atomic E-state index is -0.528. The summed E-state index contributed by atoms with van der Waals surface area (Å²) in [5.41, 5.74) is 1.79. The van der Waals surface area contributed by atoms with E-state index in [9.17, 15) is 4.79 Å². The largest absolute Gasteiger partial charge is 0.489 e. The predicted molar refractivity (Wildman–Crippen MR) is 76.9 cm³/mol. The van der Waals surface area contributed by atoms with Gasteiger partial charge in [0.1, 0.15) is 12.4 Å². The van der Waals surface area contributed by atoms with Gasteiger partial charge in [-0.15, -0.1) is 0 Å². The molecule has 4 heteroatoms. The minimum absolute atomic E-state index is 0.489. The van der Waals surface area contributed by atoms with E-state index in [1.54, 1.807) is 19.2 Å². The summed E-state index contributed by atoms with van der Waals surface area (Å²) in [5.74, 6) is 0.700. The van der Waals surface area contributed by atoms with Gasteiger partial charge in [0.05, 0.1) is 0 Å². The lowest BCUT2D eigenvalue weighted by atomic mass is 10.2. The maximum Gasteiger partial charge on any atom is 0.320 e. The highest BCUT2D eigenvalue weighted by Crippen LogP contribution is 2.22. The Morgan fingerprint density at radius 1 is 1.16 bits per heavy atom. The predicted octanol–water partition coefficient (Wildman–Crippen LogP) is 4.06. The zero-order valence-corrected chi connectivity index (χ0v) is 11.3. The third-order valence-corrected chi connectivity index (χ3v) is 2.97. The summed E-state index contributed by atoms with van der Waals surface area (Å²) in [7, 11) is 1.62. The summed E-state index contributed by atoms with van der Waals surface area (Å²) in [5, 5.41) is -0.528. The van der Waals surface area contributed by atoms with Crippen LogP contribution in [0, 0.1) is 0 Å². The van der Waals surface area contributed by atoms with E-state index < -0.39 is 5.37 Å². The molecule has 0 saturated heterocycles. The first-order valence-electron chi connectivity index (χ1n) is 5.87. The third-order valence-electron chi connectivity index (χ3n) is 2.72. The Kier molecular flexibility index (Phi) is 4.42. The first-order chi connectivity index (χ1) is 9.16. The number of halogens is 1. The van der Waals surface area contributed by atoms with Crippen LogP contribution in [0.1, 0.15) is 5.56 Å². The Morgan fingerprint density at radius 2 is 1.89 bits per heavy atom. The van der Waals surface area contributed by atoms with Crippen LogP contribution in [0.15, 0.2) is 54.6 Å². The van der Waals surface area contributed by atoms with Crippen molar-refractivity contribution in [2.45, 2.75) is 6.61 Å². The van der Waals surface area contributed by atoms with Gasteiger partial charge in [-0.2, -0.15) is 0 Å². The first-order valence-corrected chi connectivity index (χ1v) is 6.24. The van der Waals surface area contributed by atoms with E-state index in [1.807, 2.05) is 42.5 Å². The number of amides is 1. The zero-order chi connectivity index (χ0) is 13.7. The van der Waals surface area contributed by atoms with Crippen LogP contribution in [0.5, 0.6) is 5.75 Å². The van der Waals surface area contributed by atoms with Crippen LogP contribution < -0.4 is 9.64 Å². The van der Waals surface area contributed by atoms with Gasteiger partial charge in [0, 0.05) is 18.8 Å². The highest BCUT2D eigenvalue weighted by Gasteiger charge is 2.08. The maximum atomic E-state index is 11.1. The molecular weight excluding hydrogens is 262 g/mol. The number of anilines is 1. The number of carbonyl (C=O) groups is 1. The van der Waals surface area contributed by atoms with Crippen LogP contribution in [0.3, 0.4) is 0 Å². The molecule has 0 radical (unpaired) electrons. The molecule has 0 aliphatic rings. The fraction of sp³-hybridized carbons (Fsp3) is 0.133. The second kappa shape index (κ2) is 6.25. The summed E-state index contributed by atoms with van der Waals surface area (Å²) >= 11 is 5.43. The molecule has 2 aromatic rings. The van der Waals surface area contributed by atoms with Crippen LogP contribution in [0.25, 0.3) is 0 Å². The van der Waals surface area contributed by atoms with Crippen molar-refractivity contribution in [2.24, 2.45) is 0 Å². The van der Waals surface area contributed by atoms with Gasteiger partial charge in [-0.25, -0.2) is 0 Å². The quantitative estimate of drug-likeness (QED) is 0.622. The fourth-order valence-corrected chi connectivity index (χ4v) is 1.72. The molecule has 2 rings (SSSR count). The highest BCUT2D eigenvalue weighted by molar-refractivity contribution is 6.66. The Balaban J connectivity index is 2.05. The molecule has 0 heterocycles. The second-order valence-electron chi connectivity index (χ2n) is 4.08. The van der Waals surface area contributed by atoms with E-state index in [-0.39, 0.29) is 0 Å². The fourth-order valence-electron chi connectivity index (χ4n) is 1.62. The molecule has 2 aromatic carbocycles. The van der Waals surface area contributed by atoms with Crippen molar-refractivity contribution in [3.05, 3.63) is 60.2 Å². The zero-order valence-electron chi connectivity index (χ0n) is 10.5.